The van der Waals surface area contributed by atoms with Crippen LogP contribution in [0, 0.1) is 0 Å². The highest BCUT2D eigenvalue weighted by Crippen LogP contribution is 2.50. The molecule has 0 fully saturated rings. The molecular weight excluding hydrogens is 544 g/mol. The Kier molecular flexibility index (Phi) is 2.19. The Balaban J connectivity index is 1.39. The average molecular weight is 596 g/mol. The van der Waals surface area contributed by atoms with Crippen molar-refractivity contribution in [3.63, 3.8) is 0 Å². The summed E-state index contributed by atoms with van der Waals surface area (Å²) in [6, 6.07) is -18.7. The molecule has 0 atom stereocenters. The second-order valence-electron chi connectivity index (χ2n) is 10.1. The van der Waals surface area contributed by atoms with Crippen molar-refractivity contribution >= 4 is 43.1 Å². The molecule has 0 N–H and O–H groups in total. The molecule has 0 saturated heterocycles. The first kappa shape index (κ1) is 10.6. The lowest BCUT2D eigenvalue weighted by Crippen LogP contribution is -1.98. The minimum absolute atomic E-state index is 0.309. The van der Waals surface area contributed by atoms with Crippen LogP contribution in [-0.2, 0) is 0 Å². The largest absolute Gasteiger partial charge is 0.456 e. The number of hydrogen-bond donors (Lipinski definition) is 0. The van der Waals surface area contributed by atoms with Gasteiger partial charge in [-0.15, -0.1) is 0 Å². The van der Waals surface area contributed by atoms with E-state index in [0.29, 0.717) is 0 Å². The molecule has 1 heteroatoms. The molecule has 0 aliphatic carbocycles. The third kappa shape index (κ3) is 3.56. The van der Waals surface area contributed by atoms with Gasteiger partial charge < -0.3 is 4.74 Å². The van der Waals surface area contributed by atoms with E-state index >= 15 is 0 Å². The van der Waals surface area contributed by atoms with Gasteiger partial charge in [0.05, 0.1) is 34.3 Å². The lowest BCUT2D eigenvalue weighted by Gasteiger charge is -2.23. The van der Waals surface area contributed by atoms with Gasteiger partial charge in [-0.2, -0.15) is 0 Å². The summed E-state index contributed by atoms with van der Waals surface area (Å²) in [5.74, 6) is -1.05. The van der Waals surface area contributed by atoms with Gasteiger partial charge in [-0.25, -0.2) is 0 Å². The van der Waals surface area contributed by atoms with Crippen molar-refractivity contribution in [2.45, 2.75) is 0 Å². The van der Waals surface area contributed by atoms with E-state index in [1.165, 1.54) is 0 Å². The van der Waals surface area contributed by atoms with Crippen LogP contribution in [0.4, 0.5) is 0 Å². The zero-order valence-electron chi connectivity index (χ0n) is 47.5. The minimum atomic E-state index is -0.850. The molecule has 0 amide bonds. The van der Waals surface area contributed by atoms with Crippen molar-refractivity contribution < 1.29 is 39.0 Å². The minimum Gasteiger partial charge on any atom is -0.456 e. The summed E-state index contributed by atoms with van der Waals surface area (Å²) in [6.07, 6.45) is 0. The normalized spacial score (nSPS) is 20.0. The molecule has 208 valence electrons. The second kappa shape index (κ2) is 9.29. The van der Waals surface area contributed by atoms with E-state index in [1.54, 1.807) is 0 Å². The molecule has 10 rings (SSSR count). The van der Waals surface area contributed by atoms with E-state index in [0.717, 1.165) is 6.07 Å². The van der Waals surface area contributed by atoms with E-state index in [4.69, 9.17) is 26.7 Å². The molecule has 1 aliphatic rings. The summed E-state index contributed by atoms with van der Waals surface area (Å²) >= 11 is 0. The van der Waals surface area contributed by atoms with Crippen molar-refractivity contribution in [2.75, 3.05) is 0 Å². The zero-order chi connectivity index (χ0) is 51.2. The van der Waals surface area contributed by atoms with Crippen molar-refractivity contribution in [3.8, 4) is 56.0 Å². The predicted octanol–water partition coefficient (Wildman–Crippen LogP) is 12.5. The van der Waals surface area contributed by atoms with Crippen LogP contribution in [-0.4, -0.2) is 0 Å². The first-order valence-corrected chi connectivity index (χ1v) is 13.5. The Labute approximate surface area is 296 Å². The highest BCUT2D eigenvalue weighted by molar-refractivity contribution is 6.27. The van der Waals surface area contributed by atoms with Crippen molar-refractivity contribution in [3.05, 3.63) is 157 Å². The number of benzene rings is 9. The molecule has 1 heterocycles. The number of ether oxygens (including phenoxy) is 1. The van der Waals surface area contributed by atoms with Crippen LogP contribution in [0.25, 0.3) is 87.6 Å². The van der Waals surface area contributed by atoms with E-state index in [-0.39, 0.29) is 16.2 Å². The highest BCUT2D eigenvalue weighted by atomic mass is 16.5. The molecule has 0 saturated carbocycles. The van der Waals surface area contributed by atoms with Gasteiger partial charge in [-0.05, 0) is 94.8 Å². The predicted molar refractivity (Wildman–Crippen MR) is 189 cm³/mol. The van der Waals surface area contributed by atoms with Crippen LogP contribution >= 0.6 is 0 Å². The average Bonchev–Trinajstić information content (AvgIpc) is 3.32. The molecule has 9 aromatic rings. The number of rotatable bonds is 3. The van der Waals surface area contributed by atoms with E-state index in [1.807, 2.05) is 0 Å². The summed E-state index contributed by atoms with van der Waals surface area (Å²) in [5, 5.41) is -3.26. The molecule has 45 heavy (non-hydrogen) atoms. The molecule has 9 aromatic carbocycles. The molecule has 0 bridgehead atoms. The van der Waals surface area contributed by atoms with Gasteiger partial charge in [0.15, 0.2) is 0 Å². The lowest BCUT2D eigenvalue weighted by atomic mass is 9.86. The van der Waals surface area contributed by atoms with Crippen molar-refractivity contribution in [1.29, 1.82) is 0 Å². The summed E-state index contributed by atoms with van der Waals surface area (Å²) < 4.78 is 229. The van der Waals surface area contributed by atoms with E-state index in [2.05, 4.69) is 0 Å². The fourth-order valence-corrected chi connectivity index (χ4v) is 5.77. The van der Waals surface area contributed by atoms with Crippen LogP contribution in [0.15, 0.2) is 157 Å². The second-order valence-corrected chi connectivity index (χ2v) is 10.1. The van der Waals surface area contributed by atoms with Crippen LogP contribution in [0.5, 0.6) is 11.5 Å². The molecule has 0 aromatic heterocycles. The molecule has 0 unspecified atom stereocenters. The van der Waals surface area contributed by atoms with E-state index in [9.17, 15) is 12.3 Å². The topological polar surface area (TPSA) is 9.23 Å². The van der Waals surface area contributed by atoms with Gasteiger partial charge in [0, 0.05) is 10.9 Å². The maximum atomic E-state index is 9.83. The van der Waals surface area contributed by atoms with Gasteiger partial charge in [0.2, 0.25) is 0 Å². The third-order valence-electron chi connectivity index (χ3n) is 7.71. The standard InChI is InChI=1S/C44H26O/c1-3-8-27(9-4-1)32-19-14-29-17-22-38-34(20-15-30-16-21-37(32)42(29)43(30)38)31-18-24-40-39(26-31)36-13-7-12-35-33(28-10-5-2-6-11-28)23-25-41(45-40)44(35)36/h1-26H/i1D,2D,3D,4D,5D,6D,7D,8D,9D,10D,11D,12D,13D,14D,15D,16D,17D,19D,20D,21D,22D,23D,24D,25D,26D. The molecular formula is C44H26O. The highest BCUT2D eigenvalue weighted by Gasteiger charge is 2.23. The van der Waals surface area contributed by atoms with Crippen LogP contribution in [0.1, 0.15) is 34.3 Å². The first-order chi connectivity index (χ1) is 32.7. The smallest absolute Gasteiger partial charge is 0.135 e. The summed E-state index contributed by atoms with van der Waals surface area (Å²) in [6.45, 7) is 0. The maximum absolute atomic E-state index is 9.83. The Morgan fingerprint density at radius 1 is 0.356 bits per heavy atom. The fourth-order valence-electron chi connectivity index (χ4n) is 5.77. The Hall–Kier alpha value is -5.92. The Morgan fingerprint density at radius 2 is 0.911 bits per heavy atom. The fraction of sp³-hybridized carbons (Fsp3) is 0. The van der Waals surface area contributed by atoms with Crippen LogP contribution < -0.4 is 4.74 Å². The summed E-state index contributed by atoms with van der Waals surface area (Å²) in [7, 11) is 0. The van der Waals surface area contributed by atoms with Crippen LogP contribution in [0.2, 0.25) is 0 Å². The first-order valence-electron chi connectivity index (χ1n) is 26.0. The van der Waals surface area contributed by atoms with E-state index < -0.39 is 234 Å². The Morgan fingerprint density at radius 3 is 1.56 bits per heavy atom. The number of fused-ring (bicyclic) bond motifs is 2. The number of hydrogen-bond acceptors (Lipinski definition) is 1. The Bertz CT molecular complexity index is 3970. The molecule has 1 aliphatic heterocycles. The van der Waals surface area contributed by atoms with Gasteiger partial charge in [-0.3, -0.25) is 0 Å². The van der Waals surface area contributed by atoms with Gasteiger partial charge in [0.1, 0.15) is 11.5 Å². The van der Waals surface area contributed by atoms with Gasteiger partial charge in [-0.1, -0.05) is 139 Å². The van der Waals surface area contributed by atoms with Gasteiger partial charge in [0.25, 0.3) is 0 Å². The lowest BCUT2D eigenvalue weighted by molar-refractivity contribution is 0.487. The molecule has 0 spiro atoms. The molecule has 1 nitrogen and oxygen atoms in total. The SMILES string of the molecule is [2H]c1cc(-c2c([2H])c([2H])c3c([2H])c([2H])c4c(-c5c([2H])c([2H])c([2H])c([2H])c5[2H])c([2H])c([2H])c5c([2H])c([2H])c2c3c54)c([2H])c2c1Oc1c([2H])c([2H])c(-c3c([2H])c([2H])c([2H])c([2H])c3[2H])c3c([2H])c([2H])c([2H])c-2c13. The monoisotopic (exact) mass is 595 g/mol. The summed E-state index contributed by atoms with van der Waals surface area (Å²) in [5.41, 5.74) is -4.19. The quantitative estimate of drug-likeness (QED) is 0.185. The van der Waals surface area contributed by atoms with Crippen molar-refractivity contribution in [2.24, 2.45) is 0 Å². The maximum Gasteiger partial charge on any atom is 0.135 e. The van der Waals surface area contributed by atoms with Crippen LogP contribution in [0.3, 0.4) is 0 Å². The zero-order valence-corrected chi connectivity index (χ0v) is 22.5. The van der Waals surface area contributed by atoms with Crippen molar-refractivity contribution in [1.82, 2.24) is 0 Å². The third-order valence-corrected chi connectivity index (χ3v) is 7.71. The molecule has 0 radical (unpaired) electrons. The van der Waals surface area contributed by atoms with Gasteiger partial charge >= 0.3 is 0 Å². The summed E-state index contributed by atoms with van der Waals surface area (Å²) in [4.78, 5) is 0.